The van der Waals surface area contributed by atoms with Crippen molar-refractivity contribution in [3.05, 3.63) is 60.1 Å². The van der Waals surface area contributed by atoms with Gasteiger partial charge >= 0.3 is 6.03 Å². The van der Waals surface area contributed by atoms with E-state index in [1.165, 1.54) is 0 Å². The maximum atomic E-state index is 12.2. The number of urea groups is 1. The maximum absolute atomic E-state index is 12.2. The van der Waals surface area contributed by atoms with Crippen molar-refractivity contribution in [2.75, 3.05) is 5.32 Å². The highest BCUT2D eigenvalue weighted by Gasteiger charge is 2.29. The highest BCUT2D eigenvalue weighted by Crippen LogP contribution is 2.38. The third-order valence-corrected chi connectivity index (χ3v) is 5.23. The lowest BCUT2D eigenvalue weighted by atomic mass is 10.3. The number of aromatic nitrogens is 2. The quantitative estimate of drug-likeness (QED) is 0.573. The molecular formula is C19H20N4O3S. The first-order valence-electron chi connectivity index (χ1n) is 8.83. The largest absolute Gasteiger partial charge is 0.468 e. The molecule has 3 aromatic rings. The number of carbonyl (C=O) groups excluding carboxylic acids is 1. The van der Waals surface area contributed by atoms with Crippen molar-refractivity contribution in [2.45, 2.75) is 42.4 Å². The monoisotopic (exact) mass is 384 g/mol. The zero-order valence-electron chi connectivity index (χ0n) is 14.8. The molecule has 2 heterocycles. The lowest BCUT2D eigenvalue weighted by Gasteiger charge is -2.11. The molecule has 1 aliphatic rings. The van der Waals surface area contributed by atoms with E-state index in [1.807, 2.05) is 43.3 Å². The summed E-state index contributed by atoms with van der Waals surface area (Å²) in [5, 5.41) is 9.59. The molecule has 1 fully saturated rings. The van der Waals surface area contributed by atoms with Gasteiger partial charge in [-0.05, 0) is 56.2 Å². The van der Waals surface area contributed by atoms with Crippen molar-refractivity contribution in [1.29, 1.82) is 0 Å². The lowest BCUT2D eigenvalue weighted by molar-refractivity contribution is 0.245. The van der Waals surface area contributed by atoms with Crippen LogP contribution in [-0.2, 0) is 5.75 Å². The highest BCUT2D eigenvalue weighted by molar-refractivity contribution is 7.98. The number of furan rings is 1. The number of hydrogen-bond acceptors (Lipinski definition) is 6. The van der Waals surface area contributed by atoms with Gasteiger partial charge in [-0.15, -0.1) is 11.8 Å². The van der Waals surface area contributed by atoms with E-state index in [9.17, 15) is 4.79 Å². The fraction of sp³-hybridized carbons (Fsp3) is 0.316. The Kier molecular flexibility index (Phi) is 5.15. The minimum Gasteiger partial charge on any atom is -0.468 e. The molecule has 0 saturated heterocycles. The number of nitrogens with one attached hydrogen (secondary N) is 2. The van der Waals surface area contributed by atoms with Gasteiger partial charge in [-0.25, -0.2) is 4.79 Å². The average Bonchev–Trinajstić information content (AvgIpc) is 3.18. The van der Waals surface area contributed by atoms with Crippen LogP contribution in [-0.4, -0.2) is 16.2 Å². The van der Waals surface area contributed by atoms with Crippen LogP contribution in [0, 0.1) is 0 Å². The Morgan fingerprint density at radius 1 is 1.30 bits per heavy atom. The number of hydrogen-bond donors (Lipinski definition) is 2. The third-order valence-electron chi connectivity index (χ3n) is 4.19. The van der Waals surface area contributed by atoms with E-state index < -0.39 is 0 Å². The van der Waals surface area contributed by atoms with E-state index in [0.717, 1.165) is 35.1 Å². The second-order valence-electron chi connectivity index (χ2n) is 6.48. The molecule has 1 atom stereocenters. The normalized spacial score (nSPS) is 14.7. The van der Waals surface area contributed by atoms with Crippen molar-refractivity contribution in [2.24, 2.45) is 0 Å². The van der Waals surface area contributed by atoms with E-state index in [2.05, 4.69) is 20.8 Å². The van der Waals surface area contributed by atoms with Crippen LogP contribution < -0.4 is 10.6 Å². The molecular weight excluding hydrogens is 364 g/mol. The molecule has 0 radical (unpaired) electrons. The Hall–Kier alpha value is -2.74. The molecule has 4 rings (SSSR count). The second kappa shape index (κ2) is 7.87. The number of thioether (sulfide) groups is 1. The molecule has 140 valence electrons. The number of benzene rings is 1. The molecule has 0 aliphatic heterocycles. The number of nitrogens with zero attached hydrogens (tertiary/aromatic N) is 2. The molecule has 2 amide bonds. The zero-order chi connectivity index (χ0) is 18.6. The van der Waals surface area contributed by atoms with E-state index in [0.29, 0.717) is 17.5 Å². The first kappa shape index (κ1) is 17.7. The Labute approximate surface area is 160 Å². The van der Waals surface area contributed by atoms with Crippen LogP contribution in [0.2, 0.25) is 0 Å². The van der Waals surface area contributed by atoms with Crippen molar-refractivity contribution in [3.8, 4) is 0 Å². The van der Waals surface area contributed by atoms with Gasteiger partial charge in [-0.3, -0.25) is 0 Å². The van der Waals surface area contributed by atoms with E-state index in [1.54, 1.807) is 18.0 Å². The molecule has 1 aromatic carbocycles. The predicted molar refractivity (Wildman–Crippen MR) is 102 cm³/mol. The SMILES string of the molecule is C[C@@H](NC(=O)Nc1ccc(SCc2ccco2)cc1)c1nc(C2CC2)no1. The molecule has 0 unspecified atom stereocenters. The van der Waals surface area contributed by atoms with Gasteiger partial charge in [0.25, 0.3) is 0 Å². The van der Waals surface area contributed by atoms with E-state index in [4.69, 9.17) is 8.94 Å². The summed E-state index contributed by atoms with van der Waals surface area (Å²) in [6, 6.07) is 10.8. The highest BCUT2D eigenvalue weighted by atomic mass is 32.2. The molecule has 8 heteroatoms. The van der Waals surface area contributed by atoms with Crippen LogP contribution >= 0.6 is 11.8 Å². The molecule has 7 nitrogen and oxygen atoms in total. The summed E-state index contributed by atoms with van der Waals surface area (Å²) in [5.74, 6) is 3.29. The topological polar surface area (TPSA) is 93.2 Å². The van der Waals surface area contributed by atoms with E-state index >= 15 is 0 Å². The molecule has 2 aromatic heterocycles. The van der Waals surface area contributed by atoms with Crippen LogP contribution in [0.1, 0.15) is 49.2 Å². The maximum Gasteiger partial charge on any atom is 0.319 e. The summed E-state index contributed by atoms with van der Waals surface area (Å²) >= 11 is 1.67. The van der Waals surface area contributed by atoms with Crippen LogP contribution in [0.25, 0.3) is 0 Å². The summed E-state index contributed by atoms with van der Waals surface area (Å²) in [6.07, 6.45) is 3.89. The summed E-state index contributed by atoms with van der Waals surface area (Å²) < 4.78 is 10.6. The van der Waals surface area contributed by atoms with Gasteiger partial charge in [-0.2, -0.15) is 4.98 Å². The number of rotatable bonds is 7. The number of amides is 2. The molecule has 27 heavy (non-hydrogen) atoms. The number of carbonyl (C=O) groups is 1. The van der Waals surface area contributed by atoms with Crippen LogP contribution in [0.15, 0.2) is 56.5 Å². The van der Waals surface area contributed by atoms with Gasteiger partial charge in [0.15, 0.2) is 5.82 Å². The fourth-order valence-electron chi connectivity index (χ4n) is 2.54. The first-order chi connectivity index (χ1) is 13.2. The second-order valence-corrected chi connectivity index (χ2v) is 7.53. The van der Waals surface area contributed by atoms with Gasteiger partial charge in [-0.1, -0.05) is 5.16 Å². The standard InChI is InChI=1S/C19H20N4O3S/c1-12(18-22-17(23-26-18)13-4-5-13)20-19(24)21-14-6-8-16(9-7-14)27-11-15-3-2-10-25-15/h2-3,6-10,12-13H,4-5,11H2,1H3,(H2,20,21,24)/t12-/m1/s1. The number of anilines is 1. The molecule has 2 N–H and O–H groups in total. The third kappa shape index (κ3) is 4.71. The summed E-state index contributed by atoms with van der Waals surface area (Å²) in [6.45, 7) is 1.82. The van der Waals surface area contributed by atoms with Crippen molar-refractivity contribution < 1.29 is 13.7 Å². The summed E-state index contributed by atoms with van der Waals surface area (Å²) in [7, 11) is 0. The van der Waals surface area contributed by atoms with Gasteiger partial charge in [0.05, 0.1) is 12.0 Å². The minimum absolute atomic E-state index is 0.315. The van der Waals surface area contributed by atoms with Gasteiger partial charge in [0.1, 0.15) is 11.8 Å². The van der Waals surface area contributed by atoms with Crippen molar-refractivity contribution in [1.82, 2.24) is 15.5 Å². The van der Waals surface area contributed by atoms with Crippen molar-refractivity contribution >= 4 is 23.5 Å². The molecule has 0 bridgehead atoms. The van der Waals surface area contributed by atoms with Gasteiger partial charge in [0.2, 0.25) is 5.89 Å². The van der Waals surface area contributed by atoms with Crippen LogP contribution in [0.4, 0.5) is 10.5 Å². The molecule has 0 spiro atoms. The first-order valence-corrected chi connectivity index (χ1v) is 9.82. The Balaban J connectivity index is 1.26. The van der Waals surface area contributed by atoms with Gasteiger partial charge < -0.3 is 19.6 Å². The summed E-state index contributed by atoms with van der Waals surface area (Å²) in [4.78, 5) is 17.6. The zero-order valence-corrected chi connectivity index (χ0v) is 15.7. The average molecular weight is 384 g/mol. The molecule has 1 aliphatic carbocycles. The Morgan fingerprint density at radius 3 is 2.81 bits per heavy atom. The van der Waals surface area contributed by atoms with Crippen molar-refractivity contribution in [3.63, 3.8) is 0 Å². The smallest absolute Gasteiger partial charge is 0.319 e. The Bertz CT molecular complexity index is 888. The van der Waals surface area contributed by atoms with Crippen LogP contribution in [0.5, 0.6) is 0 Å². The minimum atomic E-state index is -0.354. The van der Waals surface area contributed by atoms with Gasteiger partial charge in [0, 0.05) is 16.5 Å². The lowest BCUT2D eigenvalue weighted by Crippen LogP contribution is -2.31. The molecule has 1 saturated carbocycles. The van der Waals surface area contributed by atoms with Crippen LogP contribution in [0.3, 0.4) is 0 Å². The summed E-state index contributed by atoms with van der Waals surface area (Å²) in [5.41, 5.74) is 0.714. The Morgan fingerprint density at radius 2 is 2.11 bits per heavy atom. The fourth-order valence-corrected chi connectivity index (χ4v) is 3.34. The van der Waals surface area contributed by atoms with E-state index in [-0.39, 0.29) is 12.1 Å². The predicted octanol–water partition coefficient (Wildman–Crippen LogP) is 4.72.